The Morgan fingerprint density at radius 2 is 1.74 bits per heavy atom. The topological polar surface area (TPSA) is 157 Å². The molecule has 2 heterocycles. The molecule has 2 amide bonds. The van der Waals surface area contributed by atoms with Gasteiger partial charge in [0.05, 0.1) is 5.02 Å². The number of aryl methyl sites for hydroxylation is 1. The van der Waals surface area contributed by atoms with Gasteiger partial charge in [0.1, 0.15) is 27.7 Å². The molecule has 2 aromatic carbocycles. The lowest BCUT2D eigenvalue weighted by molar-refractivity contribution is 0.262. The molecule has 0 fully saturated rings. The van der Waals surface area contributed by atoms with E-state index >= 15 is 0 Å². The minimum Gasteiger partial charge on any atom is -0.508 e. The van der Waals surface area contributed by atoms with E-state index in [2.05, 4.69) is 52.0 Å². The Morgan fingerprint density at radius 3 is 2.41 bits per heavy atom. The summed E-state index contributed by atoms with van der Waals surface area (Å²) >= 11 is 9.61. The van der Waals surface area contributed by atoms with E-state index in [-0.39, 0.29) is 34.0 Å². The molecule has 2 aromatic heterocycles. The Morgan fingerprint density at radius 1 is 1.00 bits per heavy atom. The van der Waals surface area contributed by atoms with E-state index in [1.165, 1.54) is 18.2 Å². The van der Waals surface area contributed by atoms with E-state index < -0.39 is 6.03 Å². The van der Waals surface area contributed by atoms with Gasteiger partial charge in [0.25, 0.3) is 0 Å². The lowest BCUT2D eigenvalue weighted by Gasteiger charge is -2.11. The number of phenolic OH excluding ortho intramolecular Hbond substituents is 2. The number of benzene rings is 2. The normalized spacial score (nSPS) is 10.6. The van der Waals surface area contributed by atoms with Crippen molar-refractivity contribution in [3.63, 3.8) is 0 Å². The van der Waals surface area contributed by atoms with Crippen molar-refractivity contribution in [3.05, 3.63) is 63.9 Å². The Kier molecular flexibility index (Phi) is 6.70. The van der Waals surface area contributed by atoms with Gasteiger partial charge in [0.15, 0.2) is 5.82 Å². The number of carbonyl (C=O) groups is 1. The van der Waals surface area contributed by atoms with E-state index in [4.69, 9.17) is 16.3 Å². The molecule has 0 aliphatic heterocycles. The molecule has 0 atom stereocenters. The van der Waals surface area contributed by atoms with Crippen molar-refractivity contribution in [2.24, 2.45) is 0 Å². The summed E-state index contributed by atoms with van der Waals surface area (Å²) in [6.45, 7) is 1.79. The first kappa shape index (κ1) is 23.1. The number of halogens is 2. The van der Waals surface area contributed by atoms with Crippen LogP contribution in [0.15, 0.2) is 53.1 Å². The molecule has 0 saturated carbocycles. The van der Waals surface area contributed by atoms with Crippen LogP contribution in [0.25, 0.3) is 0 Å². The van der Waals surface area contributed by atoms with Gasteiger partial charge in [0.2, 0.25) is 0 Å². The van der Waals surface area contributed by atoms with Gasteiger partial charge < -0.3 is 30.9 Å². The number of aromatic amines is 1. The van der Waals surface area contributed by atoms with Gasteiger partial charge >= 0.3 is 12.0 Å². The van der Waals surface area contributed by atoms with Gasteiger partial charge in [-0.25, -0.2) is 9.78 Å². The van der Waals surface area contributed by atoms with Crippen LogP contribution in [0.5, 0.6) is 23.3 Å². The number of urea groups is 1. The van der Waals surface area contributed by atoms with Gasteiger partial charge in [-0.05, 0) is 41.1 Å². The number of ether oxygens (including phenoxy) is 1. The maximum atomic E-state index is 12.2. The molecule has 4 rings (SSSR count). The zero-order chi connectivity index (χ0) is 24.2. The average molecular weight is 547 g/mol. The molecular formula is C21H17BrClN7O4. The lowest BCUT2D eigenvalue weighted by Crippen LogP contribution is -2.19. The quantitative estimate of drug-likeness (QED) is 0.185. The Hall–Kier alpha value is -4.03. The standard InChI is InChI=1S/C21H17BrClN7O4/c1-10-4-18(27-19-9-17(22)29-30-19)28-21(24-10)34-16-3-2-11(7-15(16)23)25-20(33)26-12-5-13(31)8-14(32)6-12/h2-9,31-32H,1H3,(H2,25,26,33)(H2,24,27,28,29,30). The highest BCUT2D eigenvalue weighted by atomic mass is 79.9. The van der Waals surface area contributed by atoms with E-state index in [0.717, 1.165) is 6.07 Å². The second-order valence-electron chi connectivity index (χ2n) is 6.97. The Labute approximate surface area is 206 Å². The largest absolute Gasteiger partial charge is 0.508 e. The monoisotopic (exact) mass is 545 g/mol. The summed E-state index contributed by atoms with van der Waals surface area (Å²) < 4.78 is 6.45. The number of aromatic nitrogens is 4. The van der Waals surface area contributed by atoms with Gasteiger partial charge in [-0.15, -0.1) is 0 Å². The summed E-state index contributed by atoms with van der Waals surface area (Å²) in [5.41, 5.74) is 1.26. The molecule has 0 saturated heterocycles. The van der Waals surface area contributed by atoms with Crippen LogP contribution >= 0.6 is 27.5 Å². The third-order valence-corrected chi connectivity index (χ3v) is 4.89. The molecule has 13 heteroatoms. The fourth-order valence-electron chi connectivity index (χ4n) is 2.86. The number of H-pyrrole nitrogens is 1. The van der Waals surface area contributed by atoms with Crippen molar-refractivity contribution in [2.45, 2.75) is 6.92 Å². The van der Waals surface area contributed by atoms with E-state index in [1.54, 1.807) is 31.2 Å². The number of nitrogens with one attached hydrogen (secondary N) is 4. The first-order valence-electron chi connectivity index (χ1n) is 9.65. The van der Waals surface area contributed by atoms with Crippen molar-refractivity contribution in [1.82, 2.24) is 20.2 Å². The van der Waals surface area contributed by atoms with E-state index in [9.17, 15) is 15.0 Å². The molecule has 4 aromatic rings. The number of nitrogens with zero attached hydrogens (tertiary/aromatic N) is 3. The highest BCUT2D eigenvalue weighted by Gasteiger charge is 2.11. The van der Waals surface area contributed by atoms with Crippen molar-refractivity contribution in [3.8, 4) is 23.3 Å². The summed E-state index contributed by atoms with van der Waals surface area (Å²) in [5, 5.41) is 34.2. The molecule has 0 spiro atoms. The van der Waals surface area contributed by atoms with Crippen LogP contribution in [-0.2, 0) is 0 Å². The van der Waals surface area contributed by atoms with Crippen LogP contribution in [0.3, 0.4) is 0 Å². The molecule has 11 nitrogen and oxygen atoms in total. The minimum atomic E-state index is -0.600. The Bertz CT molecular complexity index is 1340. The number of hydrogen-bond acceptors (Lipinski definition) is 8. The van der Waals surface area contributed by atoms with Crippen molar-refractivity contribution < 1.29 is 19.7 Å². The molecule has 174 valence electrons. The van der Waals surface area contributed by atoms with E-state index in [0.29, 0.717) is 27.6 Å². The van der Waals surface area contributed by atoms with Crippen molar-refractivity contribution >= 4 is 56.6 Å². The van der Waals surface area contributed by atoms with Crippen LogP contribution in [0, 0.1) is 6.92 Å². The van der Waals surface area contributed by atoms with Crippen LogP contribution in [-0.4, -0.2) is 36.4 Å². The highest BCUT2D eigenvalue weighted by Crippen LogP contribution is 2.31. The second kappa shape index (κ2) is 9.85. The Balaban J connectivity index is 1.43. The van der Waals surface area contributed by atoms with Crippen molar-refractivity contribution in [1.29, 1.82) is 0 Å². The molecule has 0 aliphatic carbocycles. The fourth-order valence-corrected chi connectivity index (χ4v) is 3.39. The third kappa shape index (κ3) is 6.05. The molecule has 0 unspecified atom stereocenters. The van der Waals surface area contributed by atoms with Crippen LogP contribution in [0.1, 0.15) is 5.69 Å². The molecule has 34 heavy (non-hydrogen) atoms. The summed E-state index contributed by atoms with van der Waals surface area (Å²) in [7, 11) is 0. The number of rotatable bonds is 6. The smallest absolute Gasteiger partial charge is 0.324 e. The van der Waals surface area contributed by atoms with Gasteiger partial charge in [-0.3, -0.25) is 5.10 Å². The highest BCUT2D eigenvalue weighted by molar-refractivity contribution is 9.10. The van der Waals surface area contributed by atoms with Crippen LogP contribution in [0.2, 0.25) is 5.02 Å². The first-order valence-corrected chi connectivity index (χ1v) is 10.8. The van der Waals surface area contributed by atoms with Gasteiger partial charge in [-0.1, -0.05) is 11.6 Å². The summed E-state index contributed by atoms with van der Waals surface area (Å²) in [6.07, 6.45) is 0. The molecule has 6 N–H and O–H groups in total. The fraction of sp³-hybridized carbons (Fsp3) is 0.0476. The predicted octanol–water partition coefficient (Wildman–Crippen LogP) is 5.52. The third-order valence-electron chi connectivity index (χ3n) is 4.19. The molecule has 0 bridgehead atoms. The minimum absolute atomic E-state index is 0.0705. The van der Waals surface area contributed by atoms with Crippen LogP contribution in [0.4, 0.5) is 27.8 Å². The zero-order valence-corrected chi connectivity index (χ0v) is 19.8. The number of phenols is 2. The number of aromatic hydroxyl groups is 2. The molecular weight excluding hydrogens is 530 g/mol. The maximum absolute atomic E-state index is 12.2. The SMILES string of the molecule is Cc1cc(Nc2cc(Br)[nH]n2)nc(Oc2ccc(NC(=O)Nc3cc(O)cc(O)c3)cc2Cl)n1. The molecule has 0 radical (unpaired) electrons. The summed E-state index contributed by atoms with van der Waals surface area (Å²) in [4.78, 5) is 20.8. The number of hydrogen-bond donors (Lipinski definition) is 6. The maximum Gasteiger partial charge on any atom is 0.324 e. The summed E-state index contributed by atoms with van der Waals surface area (Å²) in [6, 6.07) is 11.3. The number of carbonyl (C=O) groups excluding carboxylic acids is 1. The first-order chi connectivity index (χ1) is 16.2. The molecule has 0 aliphatic rings. The van der Waals surface area contributed by atoms with Gasteiger partial charge in [-0.2, -0.15) is 10.1 Å². The summed E-state index contributed by atoms with van der Waals surface area (Å²) in [5.74, 6) is 0.946. The zero-order valence-electron chi connectivity index (χ0n) is 17.4. The average Bonchev–Trinajstić information content (AvgIpc) is 3.13. The predicted molar refractivity (Wildman–Crippen MR) is 130 cm³/mol. The number of anilines is 4. The van der Waals surface area contributed by atoms with E-state index in [1.807, 2.05) is 0 Å². The lowest BCUT2D eigenvalue weighted by atomic mass is 10.3. The number of amides is 2. The van der Waals surface area contributed by atoms with Gasteiger partial charge in [0, 0.05) is 47.4 Å². The van der Waals surface area contributed by atoms with Crippen LogP contribution < -0.4 is 20.7 Å². The van der Waals surface area contributed by atoms with Crippen molar-refractivity contribution in [2.75, 3.05) is 16.0 Å². The second-order valence-corrected chi connectivity index (χ2v) is 8.23.